The molecule has 0 amide bonds. The molecule has 9 heteroatoms. The third-order valence-electron chi connectivity index (χ3n) is 4.21. The Hall–Kier alpha value is -2.94. The van der Waals surface area contributed by atoms with Gasteiger partial charge >= 0.3 is 0 Å². The minimum atomic E-state index is -0.244. The highest BCUT2D eigenvalue weighted by Crippen LogP contribution is 2.31. The van der Waals surface area contributed by atoms with Crippen LogP contribution in [-0.2, 0) is 13.5 Å². The number of hydrogen-bond donors (Lipinski definition) is 3. The van der Waals surface area contributed by atoms with Crippen LogP contribution in [0.5, 0.6) is 5.75 Å². The zero-order chi connectivity index (χ0) is 20.3. The minimum Gasteiger partial charge on any atom is -0.493 e. The van der Waals surface area contributed by atoms with Crippen LogP contribution in [0, 0.1) is 0 Å². The molecule has 0 aliphatic rings. The van der Waals surface area contributed by atoms with Gasteiger partial charge in [0.15, 0.2) is 10.6 Å². The molecule has 3 aromatic rings. The Kier molecular flexibility index (Phi) is 5.93. The lowest BCUT2D eigenvalue weighted by Crippen LogP contribution is -2.19. The van der Waals surface area contributed by atoms with Gasteiger partial charge in [0.2, 0.25) is 0 Å². The first-order valence-electron chi connectivity index (χ1n) is 9.24. The van der Waals surface area contributed by atoms with E-state index >= 15 is 0 Å². The van der Waals surface area contributed by atoms with Crippen molar-refractivity contribution >= 4 is 34.1 Å². The molecule has 148 valence electrons. The number of anilines is 1. The third-order valence-corrected chi connectivity index (χ3v) is 4.32. The van der Waals surface area contributed by atoms with Gasteiger partial charge in [0.1, 0.15) is 17.1 Å². The Labute approximate surface area is 168 Å². The lowest BCUT2D eigenvalue weighted by molar-refractivity contribution is 0.318. The predicted molar refractivity (Wildman–Crippen MR) is 115 cm³/mol. The van der Waals surface area contributed by atoms with Crippen molar-refractivity contribution in [2.75, 3.05) is 11.9 Å². The Morgan fingerprint density at radius 2 is 2.14 bits per heavy atom. The maximum Gasteiger partial charge on any atom is 0.277 e. The molecule has 0 atom stereocenters. The molecular weight excluding hydrogens is 376 g/mol. The van der Waals surface area contributed by atoms with Crippen molar-refractivity contribution in [1.82, 2.24) is 19.7 Å². The van der Waals surface area contributed by atoms with Crippen molar-refractivity contribution in [3.63, 3.8) is 0 Å². The molecule has 2 heterocycles. The normalized spacial score (nSPS) is 11.0. The fourth-order valence-corrected chi connectivity index (χ4v) is 3.17. The molecule has 0 saturated carbocycles. The molecule has 28 heavy (non-hydrogen) atoms. The van der Waals surface area contributed by atoms with Crippen LogP contribution in [0.2, 0.25) is 0 Å². The smallest absolute Gasteiger partial charge is 0.277 e. The van der Waals surface area contributed by atoms with Gasteiger partial charge in [-0.1, -0.05) is 20.3 Å². The summed E-state index contributed by atoms with van der Waals surface area (Å²) in [5.74, 6) is 1.04. The molecule has 0 fully saturated rings. The molecule has 4 N–H and O–H groups in total. The fourth-order valence-electron chi connectivity index (χ4n) is 3.05. The van der Waals surface area contributed by atoms with Gasteiger partial charge in [0.05, 0.1) is 17.9 Å². The van der Waals surface area contributed by atoms with Crippen LogP contribution in [0.15, 0.2) is 23.0 Å². The first-order chi connectivity index (χ1) is 13.4. The van der Waals surface area contributed by atoms with Crippen molar-refractivity contribution in [3.8, 4) is 17.1 Å². The molecule has 0 bridgehead atoms. The number of nitrogens with two attached hydrogens (primary N) is 1. The molecule has 3 rings (SSSR count). The van der Waals surface area contributed by atoms with E-state index in [-0.39, 0.29) is 10.7 Å². The van der Waals surface area contributed by atoms with Crippen LogP contribution in [0.25, 0.3) is 22.4 Å². The largest absolute Gasteiger partial charge is 0.493 e. The number of thiocarbonyl (C=S) groups is 1. The second kappa shape index (κ2) is 8.39. The number of H-pyrrole nitrogens is 1. The van der Waals surface area contributed by atoms with Gasteiger partial charge in [-0.3, -0.25) is 9.48 Å². The topological polar surface area (TPSA) is 111 Å². The summed E-state index contributed by atoms with van der Waals surface area (Å²) in [4.78, 5) is 20.3. The number of rotatable bonds is 7. The molecule has 2 aromatic heterocycles. The summed E-state index contributed by atoms with van der Waals surface area (Å²) >= 11 is 4.92. The maximum atomic E-state index is 12.7. The van der Waals surface area contributed by atoms with E-state index in [0.717, 1.165) is 25.0 Å². The molecular formula is C19H24N6O2S. The van der Waals surface area contributed by atoms with E-state index < -0.39 is 0 Å². The van der Waals surface area contributed by atoms with Crippen molar-refractivity contribution in [2.24, 2.45) is 12.8 Å². The van der Waals surface area contributed by atoms with E-state index in [1.54, 1.807) is 11.7 Å². The van der Waals surface area contributed by atoms with Crippen molar-refractivity contribution < 1.29 is 4.74 Å². The summed E-state index contributed by atoms with van der Waals surface area (Å²) in [5.41, 5.74) is 8.56. The van der Waals surface area contributed by atoms with Gasteiger partial charge in [-0.15, -0.1) is 0 Å². The highest BCUT2D eigenvalue weighted by molar-refractivity contribution is 7.80. The Morgan fingerprint density at radius 3 is 2.82 bits per heavy atom. The number of aromatic nitrogens is 4. The molecule has 0 radical (unpaired) electrons. The van der Waals surface area contributed by atoms with Gasteiger partial charge in [-0.05, 0) is 43.3 Å². The summed E-state index contributed by atoms with van der Waals surface area (Å²) in [5, 5.41) is 7.52. The summed E-state index contributed by atoms with van der Waals surface area (Å²) in [6, 6.07) is 5.44. The first kappa shape index (κ1) is 19.8. The highest BCUT2D eigenvalue weighted by Gasteiger charge is 2.17. The van der Waals surface area contributed by atoms with E-state index in [1.165, 1.54) is 0 Å². The van der Waals surface area contributed by atoms with Crippen molar-refractivity contribution in [2.45, 2.75) is 33.1 Å². The molecule has 0 saturated heterocycles. The summed E-state index contributed by atoms with van der Waals surface area (Å²) in [6.45, 7) is 4.65. The van der Waals surface area contributed by atoms with E-state index in [2.05, 4.69) is 22.3 Å². The number of benzene rings is 1. The van der Waals surface area contributed by atoms with Crippen LogP contribution in [0.1, 0.15) is 32.4 Å². The third kappa shape index (κ3) is 3.99. The number of fused-ring (bicyclic) bond motifs is 1. The van der Waals surface area contributed by atoms with Crippen molar-refractivity contribution in [1.29, 1.82) is 0 Å². The predicted octanol–water partition coefficient (Wildman–Crippen LogP) is 2.72. The SMILES string of the molecule is CCCOc1ccc(NC(N)=S)cc1-c1nc2c(CCC)nn(C)c2c(=O)[nH]1. The van der Waals surface area contributed by atoms with Crippen LogP contribution >= 0.6 is 12.2 Å². The average Bonchev–Trinajstić information content (AvgIpc) is 2.96. The number of hydrogen-bond acceptors (Lipinski definition) is 5. The quantitative estimate of drug-likeness (QED) is 0.523. The maximum absolute atomic E-state index is 12.7. The van der Waals surface area contributed by atoms with Crippen LogP contribution < -0.4 is 21.3 Å². The summed E-state index contributed by atoms with van der Waals surface area (Å²) < 4.78 is 7.44. The van der Waals surface area contributed by atoms with Gasteiger partial charge in [-0.2, -0.15) is 5.10 Å². The molecule has 1 aromatic carbocycles. The number of nitrogens with one attached hydrogen (secondary N) is 2. The molecule has 0 aliphatic carbocycles. The molecule has 0 unspecified atom stereocenters. The highest BCUT2D eigenvalue weighted by atomic mass is 32.1. The summed E-state index contributed by atoms with van der Waals surface area (Å²) in [7, 11) is 1.75. The Bertz CT molecular complexity index is 1070. The van der Waals surface area contributed by atoms with Gasteiger partial charge in [0.25, 0.3) is 5.56 Å². The van der Waals surface area contributed by atoms with E-state index in [9.17, 15) is 4.79 Å². The minimum absolute atomic E-state index is 0.155. The van der Waals surface area contributed by atoms with E-state index in [4.69, 9.17) is 27.7 Å². The van der Waals surface area contributed by atoms with Crippen molar-refractivity contribution in [3.05, 3.63) is 34.2 Å². The Morgan fingerprint density at radius 1 is 1.36 bits per heavy atom. The van der Waals surface area contributed by atoms with Gasteiger partial charge in [0, 0.05) is 12.7 Å². The Balaban J connectivity index is 2.20. The van der Waals surface area contributed by atoms with E-state index in [1.807, 2.05) is 25.1 Å². The van der Waals surface area contributed by atoms with Gasteiger partial charge < -0.3 is 20.8 Å². The molecule has 0 aliphatic heterocycles. The van der Waals surface area contributed by atoms with Crippen LogP contribution in [-0.4, -0.2) is 31.5 Å². The van der Waals surface area contributed by atoms with Gasteiger partial charge in [-0.25, -0.2) is 4.98 Å². The number of ether oxygens (including phenoxy) is 1. The standard InChI is InChI=1S/C19H24N6O2S/c1-4-6-13-15-16(25(3)24-13)18(26)23-17(22-15)12-10-11(21-19(20)28)7-8-14(12)27-9-5-2/h7-8,10H,4-6,9H2,1-3H3,(H3,20,21,28)(H,22,23,26). The molecule has 0 spiro atoms. The second-order valence-corrected chi connectivity index (χ2v) is 6.92. The zero-order valence-electron chi connectivity index (χ0n) is 16.2. The first-order valence-corrected chi connectivity index (χ1v) is 9.65. The number of nitrogens with zero attached hydrogens (tertiary/aromatic N) is 3. The monoisotopic (exact) mass is 400 g/mol. The van der Waals surface area contributed by atoms with E-state index in [0.29, 0.717) is 40.5 Å². The lowest BCUT2D eigenvalue weighted by Gasteiger charge is -2.13. The number of aromatic amines is 1. The fraction of sp³-hybridized carbons (Fsp3) is 0.368. The average molecular weight is 401 g/mol. The summed E-state index contributed by atoms with van der Waals surface area (Å²) in [6.07, 6.45) is 2.52. The number of aryl methyl sites for hydroxylation is 2. The lowest BCUT2D eigenvalue weighted by atomic mass is 10.1. The second-order valence-electron chi connectivity index (χ2n) is 6.48. The van der Waals surface area contributed by atoms with Crippen LogP contribution in [0.4, 0.5) is 5.69 Å². The van der Waals surface area contributed by atoms with Crippen LogP contribution in [0.3, 0.4) is 0 Å². The zero-order valence-corrected chi connectivity index (χ0v) is 17.0. The molecule has 8 nitrogen and oxygen atoms in total.